The molecule has 2 heterocycles. The Hall–Kier alpha value is -1.65. The Morgan fingerprint density at radius 3 is 2.70 bits per heavy atom. The topological polar surface area (TPSA) is 72.1 Å². The molecule has 1 N–H and O–H groups in total. The predicted molar refractivity (Wildman–Crippen MR) is 129 cm³/mol. The minimum absolute atomic E-state index is 0. The van der Waals surface area contributed by atoms with Crippen LogP contribution in [0.4, 0.5) is 0 Å². The van der Waals surface area contributed by atoms with Gasteiger partial charge in [0.05, 0.1) is 12.6 Å². The van der Waals surface area contributed by atoms with Crippen LogP contribution in [-0.4, -0.2) is 62.1 Å². The van der Waals surface area contributed by atoms with Crippen molar-refractivity contribution in [1.82, 2.24) is 15.4 Å². The number of piperidine rings is 1. The monoisotopic (exact) mass is 528 g/mol. The number of aliphatic imine (C=N–C) groups is 1. The van der Waals surface area contributed by atoms with E-state index in [1.165, 1.54) is 0 Å². The Morgan fingerprint density at radius 1 is 1.23 bits per heavy atom. The van der Waals surface area contributed by atoms with Gasteiger partial charge in [-0.3, -0.25) is 0 Å². The van der Waals surface area contributed by atoms with Crippen molar-refractivity contribution in [1.29, 1.82) is 0 Å². The van der Waals surface area contributed by atoms with Crippen molar-refractivity contribution in [2.75, 3.05) is 40.0 Å². The van der Waals surface area contributed by atoms with Crippen LogP contribution in [0.3, 0.4) is 0 Å². The number of likely N-dealkylation sites (tertiary alicyclic amines) is 1. The number of aromatic nitrogens is 1. The summed E-state index contributed by atoms with van der Waals surface area (Å²) in [5, 5.41) is 7.57. The highest BCUT2D eigenvalue weighted by molar-refractivity contribution is 14.0. The highest BCUT2D eigenvalue weighted by Crippen LogP contribution is 2.20. The van der Waals surface area contributed by atoms with Crippen molar-refractivity contribution in [2.24, 2.45) is 4.99 Å². The van der Waals surface area contributed by atoms with Crippen LogP contribution in [0.2, 0.25) is 0 Å². The normalized spacial score (nSPS) is 15.1. The first-order chi connectivity index (χ1) is 14.3. The lowest BCUT2D eigenvalue weighted by Gasteiger charge is -2.34. The first-order valence-corrected chi connectivity index (χ1v) is 10.4. The van der Waals surface area contributed by atoms with E-state index in [-0.39, 0.29) is 24.0 Å². The van der Waals surface area contributed by atoms with Gasteiger partial charge in [-0.25, -0.2) is 4.99 Å². The lowest BCUT2D eigenvalue weighted by atomic mass is 10.1. The zero-order valence-corrected chi connectivity index (χ0v) is 20.2. The van der Waals surface area contributed by atoms with Gasteiger partial charge in [0.2, 0.25) is 0 Å². The van der Waals surface area contributed by atoms with E-state index in [1.807, 2.05) is 36.4 Å². The third-order valence-corrected chi connectivity index (χ3v) is 4.93. The maximum absolute atomic E-state index is 5.96. The van der Waals surface area contributed by atoms with Crippen LogP contribution >= 0.6 is 24.0 Å². The Labute approximate surface area is 196 Å². The van der Waals surface area contributed by atoms with E-state index in [4.69, 9.17) is 19.0 Å². The summed E-state index contributed by atoms with van der Waals surface area (Å²) < 4.78 is 16.5. The molecule has 1 saturated heterocycles. The fraction of sp³-hybridized carbons (Fsp3) is 0.545. The first-order valence-electron chi connectivity index (χ1n) is 10.4. The Kier molecular flexibility index (Phi) is 11.2. The predicted octanol–water partition coefficient (Wildman–Crippen LogP) is 3.94. The number of guanidine groups is 1. The maximum atomic E-state index is 5.96. The minimum atomic E-state index is 0. The highest BCUT2D eigenvalue weighted by Gasteiger charge is 2.22. The SMILES string of the molecule is CCNC(=NCc1cc(-c2ccccc2)on1)N1CCC(OCCCOC)CC1.I. The van der Waals surface area contributed by atoms with Crippen LogP contribution in [0.1, 0.15) is 31.9 Å². The Balaban J connectivity index is 0.00000320. The number of hydrogen-bond acceptors (Lipinski definition) is 5. The summed E-state index contributed by atoms with van der Waals surface area (Å²) in [4.78, 5) is 7.08. The molecule has 1 aliphatic rings. The van der Waals surface area contributed by atoms with Crippen molar-refractivity contribution in [2.45, 2.75) is 38.8 Å². The maximum Gasteiger partial charge on any atom is 0.194 e. The molecule has 0 bridgehead atoms. The van der Waals surface area contributed by atoms with Gasteiger partial charge in [0, 0.05) is 51.6 Å². The zero-order chi connectivity index (χ0) is 20.3. The van der Waals surface area contributed by atoms with Gasteiger partial charge in [-0.2, -0.15) is 0 Å². The molecule has 0 spiro atoms. The molecule has 1 aliphatic heterocycles. The fourth-order valence-electron chi connectivity index (χ4n) is 3.39. The summed E-state index contributed by atoms with van der Waals surface area (Å²) in [5.74, 6) is 1.70. The molecular formula is C22H33IN4O3. The van der Waals surface area contributed by atoms with Crippen molar-refractivity contribution in [3.63, 3.8) is 0 Å². The van der Waals surface area contributed by atoms with Crippen molar-refractivity contribution in [3.8, 4) is 11.3 Å². The Bertz CT molecular complexity index is 746. The summed E-state index contributed by atoms with van der Waals surface area (Å²) in [6, 6.07) is 12.0. The standard InChI is InChI=1S/C22H32N4O3.HI/c1-3-23-22(26-12-10-20(11-13-26)28-15-7-14-27-2)24-17-19-16-21(29-25-19)18-8-5-4-6-9-18;/h4-6,8-9,16,20H,3,7,10-15,17H2,1-2H3,(H,23,24);1H. The van der Waals surface area contributed by atoms with Gasteiger partial charge >= 0.3 is 0 Å². The first kappa shape index (κ1) is 24.6. The third-order valence-electron chi connectivity index (χ3n) is 4.93. The Morgan fingerprint density at radius 2 is 2.00 bits per heavy atom. The minimum Gasteiger partial charge on any atom is -0.385 e. The quantitative estimate of drug-likeness (QED) is 0.230. The van der Waals surface area contributed by atoms with Gasteiger partial charge in [-0.05, 0) is 26.2 Å². The van der Waals surface area contributed by atoms with E-state index in [1.54, 1.807) is 7.11 Å². The average molecular weight is 528 g/mol. The fourth-order valence-corrected chi connectivity index (χ4v) is 3.39. The number of ether oxygens (including phenoxy) is 2. The molecule has 0 amide bonds. The zero-order valence-electron chi connectivity index (χ0n) is 17.9. The molecule has 0 saturated carbocycles. The number of methoxy groups -OCH3 is 1. The molecule has 3 rings (SSSR count). The molecule has 0 atom stereocenters. The van der Waals surface area contributed by atoms with Gasteiger partial charge in [-0.1, -0.05) is 35.5 Å². The summed E-state index contributed by atoms with van der Waals surface area (Å²) in [6.07, 6.45) is 3.30. The van der Waals surface area contributed by atoms with Crippen LogP contribution in [0.25, 0.3) is 11.3 Å². The molecule has 2 aromatic rings. The summed E-state index contributed by atoms with van der Waals surface area (Å²) in [7, 11) is 1.72. The van der Waals surface area contributed by atoms with E-state index in [9.17, 15) is 0 Å². The molecule has 1 aromatic carbocycles. The number of benzene rings is 1. The van der Waals surface area contributed by atoms with Crippen LogP contribution in [0.5, 0.6) is 0 Å². The van der Waals surface area contributed by atoms with E-state index < -0.39 is 0 Å². The van der Waals surface area contributed by atoms with Gasteiger partial charge in [-0.15, -0.1) is 24.0 Å². The molecule has 7 nitrogen and oxygen atoms in total. The second-order valence-electron chi connectivity index (χ2n) is 7.12. The molecule has 166 valence electrons. The van der Waals surface area contributed by atoms with E-state index in [0.29, 0.717) is 12.6 Å². The summed E-state index contributed by atoms with van der Waals surface area (Å²) in [5.41, 5.74) is 1.85. The molecular weight excluding hydrogens is 495 g/mol. The van der Waals surface area contributed by atoms with Crippen LogP contribution in [0.15, 0.2) is 45.9 Å². The van der Waals surface area contributed by atoms with Crippen LogP contribution in [-0.2, 0) is 16.0 Å². The molecule has 1 aromatic heterocycles. The molecule has 30 heavy (non-hydrogen) atoms. The smallest absolute Gasteiger partial charge is 0.194 e. The average Bonchev–Trinajstić information content (AvgIpc) is 3.24. The molecule has 8 heteroatoms. The number of hydrogen-bond donors (Lipinski definition) is 1. The second kappa shape index (κ2) is 13.6. The van der Waals surface area contributed by atoms with Crippen LogP contribution < -0.4 is 5.32 Å². The molecule has 1 fully saturated rings. The van der Waals surface area contributed by atoms with Gasteiger partial charge in [0.1, 0.15) is 5.69 Å². The van der Waals surface area contributed by atoms with E-state index >= 15 is 0 Å². The van der Waals surface area contributed by atoms with E-state index in [0.717, 1.165) is 75.1 Å². The van der Waals surface area contributed by atoms with Crippen molar-refractivity contribution in [3.05, 3.63) is 42.1 Å². The van der Waals surface area contributed by atoms with Crippen molar-refractivity contribution >= 4 is 29.9 Å². The molecule has 0 radical (unpaired) electrons. The van der Waals surface area contributed by atoms with Gasteiger partial charge in [0.15, 0.2) is 11.7 Å². The highest BCUT2D eigenvalue weighted by atomic mass is 127. The third kappa shape index (κ3) is 7.55. The van der Waals surface area contributed by atoms with Gasteiger partial charge in [0.25, 0.3) is 0 Å². The number of nitrogens with one attached hydrogen (secondary N) is 1. The molecule has 0 aliphatic carbocycles. The number of rotatable bonds is 9. The lowest BCUT2D eigenvalue weighted by molar-refractivity contribution is 0.00990. The van der Waals surface area contributed by atoms with Crippen molar-refractivity contribution < 1.29 is 14.0 Å². The van der Waals surface area contributed by atoms with E-state index in [2.05, 4.69) is 22.3 Å². The summed E-state index contributed by atoms with van der Waals surface area (Å²) >= 11 is 0. The number of halogens is 1. The summed E-state index contributed by atoms with van der Waals surface area (Å²) in [6.45, 7) is 6.81. The molecule has 0 unspecified atom stereocenters. The lowest BCUT2D eigenvalue weighted by Crippen LogP contribution is -2.47. The van der Waals surface area contributed by atoms with Crippen LogP contribution in [0, 0.1) is 0 Å². The largest absolute Gasteiger partial charge is 0.385 e. The second-order valence-corrected chi connectivity index (χ2v) is 7.12. The van der Waals surface area contributed by atoms with Gasteiger partial charge < -0.3 is 24.2 Å². The number of nitrogens with zero attached hydrogens (tertiary/aromatic N) is 3.